The summed E-state index contributed by atoms with van der Waals surface area (Å²) >= 11 is 3.50. The second-order valence-corrected chi connectivity index (χ2v) is 7.73. The Bertz CT molecular complexity index is 858. The van der Waals surface area contributed by atoms with Crippen LogP contribution in [0.1, 0.15) is 25.3 Å². The summed E-state index contributed by atoms with van der Waals surface area (Å²) < 4.78 is 6.96. The minimum Gasteiger partial charge on any atom is -0.436 e. The van der Waals surface area contributed by atoms with Gasteiger partial charge in [-0.25, -0.2) is 4.98 Å². The van der Waals surface area contributed by atoms with Gasteiger partial charge >= 0.3 is 0 Å². The predicted octanol–water partition coefficient (Wildman–Crippen LogP) is 5.49. The van der Waals surface area contributed by atoms with Gasteiger partial charge in [-0.2, -0.15) is 0 Å². The fraction of sp³-hybridized carbons (Fsp3) is 0.350. The highest BCUT2D eigenvalue weighted by Gasteiger charge is 2.17. The molecule has 0 spiro atoms. The smallest absolute Gasteiger partial charge is 0.227 e. The van der Waals surface area contributed by atoms with Crippen LogP contribution in [0.5, 0.6) is 0 Å². The van der Waals surface area contributed by atoms with Gasteiger partial charge in [0.05, 0.1) is 0 Å². The summed E-state index contributed by atoms with van der Waals surface area (Å²) in [6.07, 6.45) is 2.66. The van der Waals surface area contributed by atoms with E-state index in [1.54, 1.807) is 0 Å². The van der Waals surface area contributed by atoms with Crippen LogP contribution < -0.4 is 0 Å². The Morgan fingerprint density at radius 2 is 2.17 bits per heavy atom. The van der Waals surface area contributed by atoms with Gasteiger partial charge in [-0.15, -0.1) is 0 Å². The van der Waals surface area contributed by atoms with Crippen molar-refractivity contribution in [2.24, 2.45) is 5.92 Å². The first-order valence-electron chi connectivity index (χ1n) is 8.55. The minimum absolute atomic E-state index is 0.676. The normalized spacial score (nSPS) is 19.0. The molecule has 1 aliphatic heterocycles. The molecule has 3 nitrogen and oxygen atoms in total. The lowest BCUT2D eigenvalue weighted by Crippen LogP contribution is -2.33. The molecule has 0 bridgehead atoms. The van der Waals surface area contributed by atoms with Gasteiger partial charge < -0.3 is 4.42 Å². The highest BCUT2D eigenvalue weighted by atomic mass is 79.9. The maximum absolute atomic E-state index is 5.93. The zero-order valence-corrected chi connectivity index (χ0v) is 15.4. The fourth-order valence-electron chi connectivity index (χ4n) is 3.50. The molecule has 2 heterocycles. The van der Waals surface area contributed by atoms with Crippen LogP contribution in [0.4, 0.5) is 0 Å². The lowest BCUT2D eigenvalue weighted by atomic mass is 10.00. The number of hydrogen-bond acceptors (Lipinski definition) is 3. The van der Waals surface area contributed by atoms with E-state index in [1.807, 2.05) is 30.3 Å². The average Bonchev–Trinajstić information content (AvgIpc) is 2.98. The Morgan fingerprint density at radius 3 is 3.00 bits per heavy atom. The molecule has 0 aliphatic carbocycles. The van der Waals surface area contributed by atoms with Crippen molar-refractivity contribution in [1.29, 1.82) is 0 Å². The number of hydrogen-bond donors (Lipinski definition) is 0. The summed E-state index contributed by atoms with van der Waals surface area (Å²) in [5, 5.41) is 0. The summed E-state index contributed by atoms with van der Waals surface area (Å²) in [6, 6.07) is 14.4. The first kappa shape index (κ1) is 15.9. The van der Waals surface area contributed by atoms with E-state index in [9.17, 15) is 0 Å². The monoisotopic (exact) mass is 384 g/mol. The van der Waals surface area contributed by atoms with Crippen LogP contribution in [0.25, 0.3) is 22.6 Å². The fourth-order valence-corrected chi connectivity index (χ4v) is 3.90. The Labute approximate surface area is 150 Å². The zero-order valence-electron chi connectivity index (χ0n) is 13.8. The van der Waals surface area contributed by atoms with Crippen molar-refractivity contribution in [3.63, 3.8) is 0 Å². The third kappa shape index (κ3) is 3.40. The minimum atomic E-state index is 0.676. The zero-order chi connectivity index (χ0) is 16.5. The summed E-state index contributed by atoms with van der Waals surface area (Å²) in [5.41, 5.74) is 4.09. The number of oxazole rings is 1. The Kier molecular flexibility index (Phi) is 4.42. The highest BCUT2D eigenvalue weighted by molar-refractivity contribution is 9.10. The molecule has 0 amide bonds. The molecule has 0 unspecified atom stereocenters. The second-order valence-electron chi connectivity index (χ2n) is 6.81. The number of nitrogens with zero attached hydrogens (tertiary/aromatic N) is 2. The molecule has 0 radical (unpaired) electrons. The number of benzene rings is 2. The topological polar surface area (TPSA) is 29.3 Å². The van der Waals surface area contributed by atoms with Crippen LogP contribution in [-0.2, 0) is 6.54 Å². The molecule has 1 aromatic heterocycles. The predicted molar refractivity (Wildman–Crippen MR) is 101 cm³/mol. The second kappa shape index (κ2) is 6.69. The molecule has 1 saturated heterocycles. The van der Waals surface area contributed by atoms with Crippen LogP contribution in [0.3, 0.4) is 0 Å². The summed E-state index contributed by atoms with van der Waals surface area (Å²) in [6.45, 7) is 5.74. The quantitative estimate of drug-likeness (QED) is 0.597. The van der Waals surface area contributed by atoms with E-state index in [2.05, 4.69) is 44.9 Å². The Hall–Kier alpha value is -1.65. The summed E-state index contributed by atoms with van der Waals surface area (Å²) in [5.74, 6) is 1.48. The van der Waals surface area contributed by atoms with Gasteiger partial charge in [0.2, 0.25) is 5.89 Å². The number of halogens is 1. The van der Waals surface area contributed by atoms with Crippen LogP contribution in [-0.4, -0.2) is 23.0 Å². The lowest BCUT2D eigenvalue weighted by Gasteiger charge is -2.30. The number of piperidine rings is 1. The number of aromatic nitrogens is 1. The molecule has 1 fully saturated rings. The van der Waals surface area contributed by atoms with Gasteiger partial charge in [0.15, 0.2) is 5.58 Å². The molecule has 1 atom stereocenters. The van der Waals surface area contributed by atoms with Crippen LogP contribution >= 0.6 is 15.9 Å². The Balaban J connectivity index is 1.59. The lowest BCUT2D eigenvalue weighted by molar-refractivity contribution is 0.176. The highest BCUT2D eigenvalue weighted by Crippen LogP contribution is 2.27. The van der Waals surface area contributed by atoms with E-state index in [-0.39, 0.29) is 0 Å². The van der Waals surface area contributed by atoms with Gasteiger partial charge in [-0.1, -0.05) is 35.0 Å². The molecule has 0 saturated carbocycles. The van der Waals surface area contributed by atoms with E-state index < -0.39 is 0 Å². The molecule has 124 valence electrons. The van der Waals surface area contributed by atoms with Crippen molar-refractivity contribution in [3.05, 3.63) is 52.5 Å². The van der Waals surface area contributed by atoms with Gasteiger partial charge in [-0.3, -0.25) is 4.90 Å². The molecule has 4 rings (SSSR count). The van der Waals surface area contributed by atoms with Gasteiger partial charge in [0.25, 0.3) is 0 Å². The van der Waals surface area contributed by atoms with Crippen LogP contribution in [0.2, 0.25) is 0 Å². The average molecular weight is 385 g/mol. The molecule has 0 N–H and O–H groups in total. The summed E-state index contributed by atoms with van der Waals surface area (Å²) in [7, 11) is 0. The van der Waals surface area contributed by atoms with Crippen molar-refractivity contribution in [2.75, 3.05) is 13.1 Å². The third-order valence-corrected chi connectivity index (χ3v) is 5.16. The van der Waals surface area contributed by atoms with E-state index in [1.165, 1.54) is 31.5 Å². The summed E-state index contributed by atoms with van der Waals surface area (Å²) in [4.78, 5) is 7.23. The van der Waals surface area contributed by atoms with Crippen LogP contribution in [0, 0.1) is 5.92 Å². The first-order valence-corrected chi connectivity index (χ1v) is 9.34. The molecule has 3 aromatic rings. The maximum atomic E-state index is 5.93. The molecule has 2 aromatic carbocycles. The van der Waals surface area contributed by atoms with Gasteiger partial charge in [0.1, 0.15) is 5.52 Å². The SMILES string of the molecule is C[C@@H]1CCCN(Cc2ccc3oc(-c4cccc(Br)c4)nc3c2)C1. The standard InChI is InChI=1S/C20H21BrN2O/c1-14-4-3-9-23(12-14)13-15-7-8-19-18(10-15)22-20(24-19)16-5-2-6-17(21)11-16/h2,5-8,10-11,14H,3-4,9,12-13H2,1H3/t14-/m1/s1. The molecule has 24 heavy (non-hydrogen) atoms. The van der Waals surface area contributed by atoms with Crippen LogP contribution in [0.15, 0.2) is 51.4 Å². The maximum Gasteiger partial charge on any atom is 0.227 e. The van der Waals surface area contributed by atoms with Crippen molar-refractivity contribution in [1.82, 2.24) is 9.88 Å². The molecular weight excluding hydrogens is 364 g/mol. The molecular formula is C20H21BrN2O. The van der Waals surface area contributed by atoms with E-state index in [4.69, 9.17) is 4.42 Å². The van der Waals surface area contributed by atoms with Crippen molar-refractivity contribution in [2.45, 2.75) is 26.3 Å². The van der Waals surface area contributed by atoms with Crippen molar-refractivity contribution in [3.8, 4) is 11.5 Å². The van der Waals surface area contributed by atoms with E-state index in [0.29, 0.717) is 5.89 Å². The van der Waals surface area contributed by atoms with E-state index >= 15 is 0 Å². The molecule has 4 heteroatoms. The van der Waals surface area contributed by atoms with Gasteiger partial charge in [0, 0.05) is 23.1 Å². The van der Waals surface area contributed by atoms with Gasteiger partial charge in [-0.05, 0) is 61.2 Å². The van der Waals surface area contributed by atoms with Crippen molar-refractivity contribution >= 4 is 27.0 Å². The molecule has 1 aliphatic rings. The first-order chi connectivity index (χ1) is 11.7. The Morgan fingerprint density at radius 1 is 1.25 bits per heavy atom. The van der Waals surface area contributed by atoms with E-state index in [0.717, 1.165) is 33.6 Å². The third-order valence-electron chi connectivity index (χ3n) is 4.67. The number of rotatable bonds is 3. The largest absolute Gasteiger partial charge is 0.436 e. The number of likely N-dealkylation sites (tertiary alicyclic amines) is 1. The number of fused-ring (bicyclic) bond motifs is 1. The van der Waals surface area contributed by atoms with Crippen molar-refractivity contribution < 1.29 is 4.42 Å².